The molecule has 1 atom stereocenters. The Hall–Kier alpha value is -4.23. The molecule has 16 heteroatoms. The maximum atomic E-state index is 13.0. The van der Waals surface area contributed by atoms with Crippen LogP contribution in [-0.2, 0) is 14.8 Å². The second-order valence-corrected chi connectivity index (χ2v) is 15.4. The molecule has 0 aromatic carbocycles. The number of piperidine rings is 1. The molecule has 48 heavy (non-hydrogen) atoms. The second-order valence-electron chi connectivity index (χ2n) is 13.4. The summed E-state index contributed by atoms with van der Waals surface area (Å²) in [4.78, 5) is 30.4. The summed E-state index contributed by atoms with van der Waals surface area (Å²) in [5.41, 5.74) is 2.10. The average molecular weight is 686 g/mol. The molecule has 0 radical (unpaired) electrons. The van der Waals surface area contributed by atoms with Gasteiger partial charge in [-0.3, -0.25) is 4.79 Å². The van der Waals surface area contributed by atoms with Gasteiger partial charge in [-0.15, -0.1) is 0 Å². The van der Waals surface area contributed by atoms with Crippen molar-refractivity contribution >= 4 is 33.3 Å². The maximum absolute atomic E-state index is 13.0. The van der Waals surface area contributed by atoms with Gasteiger partial charge in [0.15, 0.2) is 5.82 Å². The van der Waals surface area contributed by atoms with Crippen molar-refractivity contribution in [3.8, 4) is 23.2 Å². The van der Waals surface area contributed by atoms with E-state index >= 15 is 0 Å². The van der Waals surface area contributed by atoms with Crippen LogP contribution in [0.15, 0.2) is 36.9 Å². The summed E-state index contributed by atoms with van der Waals surface area (Å²) in [7, 11) is 0.614. The van der Waals surface area contributed by atoms with Crippen LogP contribution < -0.4 is 10.2 Å². The van der Waals surface area contributed by atoms with Gasteiger partial charge >= 0.3 is 12.1 Å². The molecule has 5 heterocycles. The Labute approximate surface area is 277 Å². The number of nitrogens with zero attached hydrogens (tertiary/aromatic N) is 8. The SMILES string of the molecule is CN(C)CC1(C)CCN(c2cc(Nc3ccnc(-c4cnn(S(=O)(=O)C5CC5)c4)n3)ncc2C#CC2CCN(C(=O)C(F)(F)F)C2)CC1. The zero-order valence-electron chi connectivity index (χ0n) is 27.0. The van der Waals surface area contributed by atoms with Gasteiger partial charge in [-0.25, -0.2) is 23.4 Å². The molecule has 3 aromatic heterocycles. The van der Waals surface area contributed by atoms with Crippen LogP contribution in [0.1, 0.15) is 44.6 Å². The minimum Gasteiger partial charge on any atom is -0.370 e. The van der Waals surface area contributed by atoms with Gasteiger partial charge in [-0.1, -0.05) is 18.8 Å². The summed E-state index contributed by atoms with van der Waals surface area (Å²) >= 11 is 0. The van der Waals surface area contributed by atoms with E-state index < -0.39 is 27.4 Å². The molecule has 1 saturated carbocycles. The standard InChI is InChI=1S/C32H38F3N9O3S/c1-31(21-41(2)3)10-14-42(15-11-31)26-16-28(37-17-23(26)5-4-22-9-13-43(19-22)30(45)32(33,34)35)39-27-8-12-36-29(40-27)24-18-38-44(20-24)48(46,47)25-6-7-25/h8,12,16-18,20,22,25H,6-7,9-11,13-15,19,21H2,1-3H3,(H,36,37,39,40). The molecule has 2 saturated heterocycles. The Morgan fingerprint density at radius 1 is 1.10 bits per heavy atom. The van der Waals surface area contributed by atoms with Crippen LogP contribution in [-0.4, -0.2) is 107 Å². The molecule has 0 bridgehead atoms. The van der Waals surface area contributed by atoms with E-state index in [4.69, 9.17) is 0 Å². The monoisotopic (exact) mass is 685 g/mol. The highest BCUT2D eigenvalue weighted by Gasteiger charge is 2.44. The quantitative estimate of drug-likeness (QED) is 0.350. The summed E-state index contributed by atoms with van der Waals surface area (Å²) in [6.45, 7) is 4.77. The van der Waals surface area contributed by atoms with Crippen LogP contribution >= 0.6 is 0 Å². The van der Waals surface area contributed by atoms with E-state index in [1.165, 1.54) is 12.4 Å². The first kappa shape index (κ1) is 33.7. The highest BCUT2D eigenvalue weighted by Crippen LogP contribution is 2.36. The molecule has 6 rings (SSSR count). The normalized spacial score (nSPS) is 19.7. The van der Waals surface area contributed by atoms with Crippen molar-refractivity contribution in [2.24, 2.45) is 11.3 Å². The molecule has 256 valence electrons. The topological polar surface area (TPSA) is 129 Å². The number of likely N-dealkylation sites (tertiary alicyclic amines) is 1. The number of aromatic nitrogens is 5. The molecule has 1 aliphatic carbocycles. The fraction of sp³-hybridized carbons (Fsp3) is 0.531. The van der Waals surface area contributed by atoms with Gasteiger partial charge in [0.2, 0.25) is 0 Å². The number of halogens is 3. The van der Waals surface area contributed by atoms with E-state index in [9.17, 15) is 26.4 Å². The van der Waals surface area contributed by atoms with Gasteiger partial charge in [-0.05, 0) is 57.7 Å². The number of alkyl halides is 3. The molecule has 3 fully saturated rings. The molecule has 3 aromatic rings. The predicted molar refractivity (Wildman–Crippen MR) is 174 cm³/mol. The fourth-order valence-electron chi connectivity index (χ4n) is 6.28. The van der Waals surface area contributed by atoms with E-state index in [1.807, 2.05) is 6.07 Å². The molecule has 0 spiro atoms. The summed E-state index contributed by atoms with van der Waals surface area (Å²) in [5.74, 6) is 5.28. The summed E-state index contributed by atoms with van der Waals surface area (Å²) in [5, 5.41) is 6.85. The third-order valence-electron chi connectivity index (χ3n) is 8.96. The van der Waals surface area contributed by atoms with E-state index in [0.717, 1.165) is 47.2 Å². The van der Waals surface area contributed by atoms with Crippen LogP contribution in [0.4, 0.5) is 30.5 Å². The Bertz CT molecular complexity index is 1840. The second kappa shape index (κ2) is 13.0. The lowest BCUT2D eigenvalue weighted by Crippen LogP contribution is -2.43. The lowest BCUT2D eigenvalue weighted by atomic mass is 9.80. The first-order chi connectivity index (χ1) is 22.7. The highest BCUT2D eigenvalue weighted by atomic mass is 32.2. The Balaban J connectivity index is 1.23. The van der Waals surface area contributed by atoms with Gasteiger partial charge in [0, 0.05) is 57.1 Å². The van der Waals surface area contributed by atoms with Crippen LogP contribution in [0.2, 0.25) is 0 Å². The number of hydrogen-bond donors (Lipinski definition) is 1. The molecule has 1 N–H and O–H groups in total. The zero-order valence-corrected chi connectivity index (χ0v) is 27.9. The van der Waals surface area contributed by atoms with Crippen molar-refractivity contribution in [1.29, 1.82) is 0 Å². The summed E-state index contributed by atoms with van der Waals surface area (Å²) < 4.78 is 65.0. The van der Waals surface area contributed by atoms with Crippen molar-refractivity contribution in [3.05, 3.63) is 42.5 Å². The largest absolute Gasteiger partial charge is 0.471 e. The molecule has 1 amide bonds. The Morgan fingerprint density at radius 2 is 1.85 bits per heavy atom. The fourth-order valence-corrected chi connectivity index (χ4v) is 7.75. The predicted octanol–water partition coefficient (Wildman–Crippen LogP) is 3.75. The number of nitrogens with one attached hydrogen (secondary N) is 1. The first-order valence-electron chi connectivity index (χ1n) is 15.9. The number of carbonyl (C=O) groups excluding carboxylic acids is 1. The molecule has 12 nitrogen and oxygen atoms in total. The number of rotatable bonds is 8. The van der Waals surface area contributed by atoms with Crippen molar-refractivity contribution in [3.63, 3.8) is 0 Å². The van der Waals surface area contributed by atoms with Crippen LogP contribution in [0.3, 0.4) is 0 Å². The van der Waals surface area contributed by atoms with E-state index in [2.05, 4.69) is 68.0 Å². The van der Waals surface area contributed by atoms with E-state index in [0.29, 0.717) is 47.8 Å². The summed E-state index contributed by atoms with van der Waals surface area (Å²) in [6.07, 6.45) is 4.67. The number of hydrogen-bond acceptors (Lipinski definition) is 10. The maximum Gasteiger partial charge on any atom is 0.471 e. The van der Waals surface area contributed by atoms with Gasteiger partial charge in [0.05, 0.1) is 34.5 Å². The third kappa shape index (κ3) is 7.57. The average Bonchev–Trinajstić information content (AvgIpc) is 3.59. The number of amides is 1. The molecule has 2 aliphatic heterocycles. The molecular formula is C32H38F3N9O3S. The van der Waals surface area contributed by atoms with Crippen molar-refractivity contribution in [2.75, 3.05) is 57.0 Å². The molecule has 3 aliphatic rings. The lowest BCUT2D eigenvalue weighted by Gasteiger charge is -2.42. The van der Waals surface area contributed by atoms with Gasteiger partial charge < -0.3 is 20.0 Å². The minimum atomic E-state index is -4.90. The van der Waals surface area contributed by atoms with E-state index in [-0.39, 0.29) is 24.4 Å². The van der Waals surface area contributed by atoms with E-state index in [1.54, 1.807) is 18.5 Å². The third-order valence-corrected chi connectivity index (χ3v) is 11.0. The Kier molecular flexibility index (Phi) is 9.12. The highest BCUT2D eigenvalue weighted by molar-refractivity contribution is 7.90. The first-order valence-corrected chi connectivity index (χ1v) is 17.4. The van der Waals surface area contributed by atoms with Gasteiger partial charge in [-0.2, -0.15) is 22.4 Å². The lowest BCUT2D eigenvalue weighted by molar-refractivity contribution is -0.184. The van der Waals surface area contributed by atoms with Crippen molar-refractivity contribution < 1.29 is 26.4 Å². The van der Waals surface area contributed by atoms with Gasteiger partial charge in [0.1, 0.15) is 11.6 Å². The van der Waals surface area contributed by atoms with Crippen molar-refractivity contribution in [1.82, 2.24) is 33.9 Å². The van der Waals surface area contributed by atoms with Gasteiger partial charge in [0.25, 0.3) is 10.0 Å². The van der Waals surface area contributed by atoms with Crippen LogP contribution in [0.5, 0.6) is 0 Å². The number of anilines is 3. The zero-order chi connectivity index (χ0) is 34.3. The number of pyridine rings is 1. The summed E-state index contributed by atoms with van der Waals surface area (Å²) in [6, 6.07) is 3.56. The van der Waals surface area contributed by atoms with Crippen molar-refractivity contribution in [2.45, 2.75) is 50.5 Å². The molecule has 1 unspecified atom stereocenters. The number of carbonyl (C=O) groups is 1. The van der Waals surface area contributed by atoms with Crippen LogP contribution in [0, 0.1) is 23.2 Å². The van der Waals surface area contributed by atoms with Crippen LogP contribution in [0.25, 0.3) is 11.4 Å². The smallest absolute Gasteiger partial charge is 0.370 e. The Morgan fingerprint density at radius 3 is 2.54 bits per heavy atom. The molecular weight excluding hydrogens is 647 g/mol. The minimum absolute atomic E-state index is 0.0142.